The molecule has 1 aromatic rings. The van der Waals surface area contributed by atoms with Gasteiger partial charge in [0, 0.05) is 18.8 Å². The van der Waals surface area contributed by atoms with Crippen molar-refractivity contribution in [1.29, 1.82) is 0 Å². The van der Waals surface area contributed by atoms with Gasteiger partial charge in [0.25, 0.3) is 5.69 Å². The summed E-state index contributed by atoms with van der Waals surface area (Å²) in [5, 5.41) is 13.3. The van der Waals surface area contributed by atoms with Crippen LogP contribution in [0.3, 0.4) is 0 Å². The number of rotatable bonds is 4. The Kier molecular flexibility index (Phi) is 2.97. The molecule has 0 aliphatic carbocycles. The molecule has 1 rings (SSSR count). The minimum atomic E-state index is -0.451. The summed E-state index contributed by atoms with van der Waals surface area (Å²) >= 11 is 0. The van der Waals surface area contributed by atoms with E-state index in [2.05, 4.69) is 16.9 Å². The van der Waals surface area contributed by atoms with Gasteiger partial charge in [-0.25, -0.2) is 0 Å². The van der Waals surface area contributed by atoms with Crippen LogP contribution >= 0.6 is 0 Å². The molecule has 5 heteroatoms. The maximum Gasteiger partial charge on any atom is 0.295 e. The predicted molar refractivity (Wildman–Crippen MR) is 49.6 cm³/mol. The maximum atomic E-state index is 10.5. The van der Waals surface area contributed by atoms with Crippen LogP contribution in [0.2, 0.25) is 0 Å². The molecule has 0 saturated heterocycles. The van der Waals surface area contributed by atoms with Gasteiger partial charge in [0.15, 0.2) is 0 Å². The minimum absolute atomic E-state index is 0.0249. The Morgan fingerprint density at radius 2 is 2.54 bits per heavy atom. The van der Waals surface area contributed by atoms with E-state index in [0.717, 1.165) is 0 Å². The van der Waals surface area contributed by atoms with Crippen LogP contribution in [-0.2, 0) is 0 Å². The highest BCUT2D eigenvalue weighted by Crippen LogP contribution is 2.21. The molecule has 0 radical (unpaired) electrons. The first-order valence-corrected chi connectivity index (χ1v) is 3.69. The van der Waals surface area contributed by atoms with E-state index in [4.69, 9.17) is 0 Å². The summed E-state index contributed by atoms with van der Waals surface area (Å²) in [4.78, 5) is 13.8. The molecule has 1 N–H and O–H groups in total. The van der Waals surface area contributed by atoms with E-state index in [0.29, 0.717) is 12.2 Å². The van der Waals surface area contributed by atoms with Gasteiger partial charge in [-0.3, -0.25) is 15.1 Å². The van der Waals surface area contributed by atoms with Crippen molar-refractivity contribution in [2.45, 2.75) is 0 Å². The molecule has 13 heavy (non-hydrogen) atoms. The number of nitro groups is 1. The molecule has 0 amide bonds. The molecule has 0 spiro atoms. The lowest BCUT2D eigenvalue weighted by atomic mass is 10.3. The fourth-order valence-electron chi connectivity index (χ4n) is 0.865. The van der Waals surface area contributed by atoms with E-state index >= 15 is 0 Å². The van der Waals surface area contributed by atoms with Gasteiger partial charge in [-0.2, -0.15) is 0 Å². The molecule has 1 aromatic heterocycles. The zero-order valence-corrected chi connectivity index (χ0v) is 6.93. The summed E-state index contributed by atoms with van der Waals surface area (Å²) in [6, 6.07) is 1.35. The van der Waals surface area contributed by atoms with Gasteiger partial charge >= 0.3 is 0 Å². The third-order valence-corrected chi connectivity index (χ3v) is 1.43. The van der Waals surface area contributed by atoms with Gasteiger partial charge in [0.05, 0.1) is 11.1 Å². The van der Waals surface area contributed by atoms with Crippen LogP contribution in [0.25, 0.3) is 0 Å². The summed E-state index contributed by atoms with van der Waals surface area (Å²) in [7, 11) is 0. The largest absolute Gasteiger partial charge is 0.375 e. The van der Waals surface area contributed by atoms with E-state index in [1.165, 1.54) is 18.5 Å². The second-order valence-electron chi connectivity index (χ2n) is 2.32. The van der Waals surface area contributed by atoms with E-state index < -0.39 is 4.92 Å². The summed E-state index contributed by atoms with van der Waals surface area (Å²) in [6.07, 6.45) is 4.43. The van der Waals surface area contributed by atoms with Gasteiger partial charge in [0.2, 0.25) is 0 Å². The Labute approximate surface area is 75.3 Å². The monoisotopic (exact) mass is 179 g/mol. The quantitative estimate of drug-likeness (QED) is 0.433. The Morgan fingerprint density at radius 1 is 1.77 bits per heavy atom. The molecule has 0 bridgehead atoms. The van der Waals surface area contributed by atoms with Crippen molar-refractivity contribution in [1.82, 2.24) is 4.98 Å². The third-order valence-electron chi connectivity index (χ3n) is 1.43. The van der Waals surface area contributed by atoms with Crippen LogP contribution < -0.4 is 5.32 Å². The highest BCUT2D eigenvalue weighted by Gasteiger charge is 2.11. The average Bonchev–Trinajstić information content (AvgIpc) is 2.15. The molecule has 5 nitrogen and oxygen atoms in total. The third kappa shape index (κ3) is 2.26. The highest BCUT2D eigenvalue weighted by atomic mass is 16.6. The van der Waals surface area contributed by atoms with Crippen LogP contribution in [0.4, 0.5) is 11.4 Å². The van der Waals surface area contributed by atoms with Gasteiger partial charge in [-0.05, 0) is 0 Å². The lowest BCUT2D eigenvalue weighted by Gasteiger charge is -2.02. The molecular formula is C8H9N3O2. The van der Waals surface area contributed by atoms with Crippen LogP contribution in [0.1, 0.15) is 0 Å². The van der Waals surface area contributed by atoms with Crippen molar-refractivity contribution in [3.05, 3.63) is 41.2 Å². The van der Waals surface area contributed by atoms with Crippen molar-refractivity contribution in [2.75, 3.05) is 11.9 Å². The molecule has 0 unspecified atom stereocenters. The summed E-state index contributed by atoms with van der Waals surface area (Å²) in [5.41, 5.74) is 0.434. The smallest absolute Gasteiger partial charge is 0.295 e. The maximum absolute atomic E-state index is 10.5. The first kappa shape index (κ1) is 9.18. The fraction of sp³-hybridized carbons (Fsp3) is 0.125. The number of hydrogen-bond acceptors (Lipinski definition) is 4. The molecule has 0 atom stereocenters. The summed E-state index contributed by atoms with van der Waals surface area (Å²) in [6.45, 7) is 3.98. The van der Waals surface area contributed by atoms with Crippen LogP contribution in [0.5, 0.6) is 0 Å². The Bertz CT molecular complexity index is 325. The molecule has 0 aliphatic rings. The Balaban J connectivity index is 2.90. The second-order valence-corrected chi connectivity index (χ2v) is 2.32. The number of nitrogens with zero attached hydrogens (tertiary/aromatic N) is 2. The molecule has 68 valence electrons. The normalized spacial score (nSPS) is 9.23. The van der Waals surface area contributed by atoms with Crippen molar-refractivity contribution < 1.29 is 4.92 Å². The number of nitrogens with one attached hydrogen (secondary N) is 1. The van der Waals surface area contributed by atoms with E-state index in [9.17, 15) is 10.1 Å². The fourth-order valence-corrected chi connectivity index (χ4v) is 0.865. The molecule has 0 saturated carbocycles. The van der Waals surface area contributed by atoms with Gasteiger partial charge < -0.3 is 5.32 Å². The van der Waals surface area contributed by atoms with Gasteiger partial charge in [0.1, 0.15) is 5.69 Å². The average molecular weight is 179 g/mol. The van der Waals surface area contributed by atoms with Gasteiger partial charge in [-0.15, -0.1) is 6.58 Å². The number of aromatic nitrogens is 1. The highest BCUT2D eigenvalue weighted by molar-refractivity contribution is 5.59. The van der Waals surface area contributed by atoms with E-state index in [1.807, 2.05) is 0 Å². The van der Waals surface area contributed by atoms with Crippen molar-refractivity contribution >= 4 is 11.4 Å². The lowest BCUT2D eigenvalue weighted by Crippen LogP contribution is -2.01. The van der Waals surface area contributed by atoms with Crippen molar-refractivity contribution in [3.8, 4) is 0 Å². The SMILES string of the molecule is C=CCNc1cnccc1[N+](=O)[O-]. The molecule has 0 aromatic carbocycles. The van der Waals surface area contributed by atoms with Crippen molar-refractivity contribution in [2.24, 2.45) is 0 Å². The van der Waals surface area contributed by atoms with Crippen LogP contribution in [-0.4, -0.2) is 16.5 Å². The van der Waals surface area contributed by atoms with Gasteiger partial charge in [-0.1, -0.05) is 6.08 Å². The van der Waals surface area contributed by atoms with E-state index in [1.54, 1.807) is 6.08 Å². The number of hydrogen-bond donors (Lipinski definition) is 1. The van der Waals surface area contributed by atoms with Crippen LogP contribution in [0, 0.1) is 10.1 Å². The van der Waals surface area contributed by atoms with E-state index in [-0.39, 0.29) is 5.69 Å². The topological polar surface area (TPSA) is 68.1 Å². The predicted octanol–water partition coefficient (Wildman–Crippen LogP) is 1.59. The van der Waals surface area contributed by atoms with Crippen molar-refractivity contribution in [3.63, 3.8) is 0 Å². The zero-order valence-electron chi connectivity index (χ0n) is 6.93. The molecule has 0 aliphatic heterocycles. The first-order chi connectivity index (χ1) is 6.25. The zero-order chi connectivity index (χ0) is 9.68. The number of anilines is 1. The number of pyridine rings is 1. The summed E-state index contributed by atoms with van der Waals surface area (Å²) in [5.74, 6) is 0. The minimum Gasteiger partial charge on any atom is -0.375 e. The van der Waals surface area contributed by atoms with Crippen LogP contribution in [0.15, 0.2) is 31.1 Å². The Hall–Kier alpha value is -1.91. The standard InChI is InChI=1S/C8H9N3O2/c1-2-4-10-7-6-9-5-3-8(7)11(12)13/h2-3,5-6,10H,1,4H2. The molecule has 0 fully saturated rings. The lowest BCUT2D eigenvalue weighted by molar-refractivity contribution is -0.384. The first-order valence-electron chi connectivity index (χ1n) is 3.69. The summed E-state index contributed by atoms with van der Waals surface area (Å²) < 4.78 is 0. The Morgan fingerprint density at radius 3 is 3.15 bits per heavy atom. The second kappa shape index (κ2) is 4.20. The molecular weight excluding hydrogens is 170 g/mol. The molecule has 1 heterocycles.